The first-order valence-corrected chi connectivity index (χ1v) is 5.96. The first kappa shape index (κ1) is 14.3. The van der Waals surface area contributed by atoms with Gasteiger partial charge < -0.3 is 0 Å². The molecule has 0 fully saturated rings. The second kappa shape index (κ2) is 6.85. The van der Waals surface area contributed by atoms with Crippen molar-refractivity contribution in [1.82, 2.24) is 0 Å². The van der Waals surface area contributed by atoms with Gasteiger partial charge in [0.05, 0.1) is 15.1 Å². The predicted molar refractivity (Wildman–Crippen MR) is 72.6 cm³/mol. The average molecular weight is 292 g/mol. The topological polar surface area (TPSA) is 0 Å². The number of hydrogen-bond donors (Lipinski definition) is 0. The van der Waals surface area contributed by atoms with Gasteiger partial charge in [0, 0.05) is 0 Å². The van der Waals surface area contributed by atoms with Gasteiger partial charge in [-0.3, -0.25) is 0 Å². The monoisotopic (exact) mass is 290 g/mol. The minimum absolute atomic E-state index is 0.178. The number of aryl methyl sites for hydroxylation is 1. The van der Waals surface area contributed by atoms with Crippen molar-refractivity contribution in [2.24, 2.45) is 0 Å². The molecule has 0 aliphatic rings. The maximum absolute atomic E-state index is 11.9. The Morgan fingerprint density at radius 1 is 0.824 bits per heavy atom. The second-order valence-electron chi connectivity index (χ2n) is 3.29. The summed E-state index contributed by atoms with van der Waals surface area (Å²) in [4.78, 5) is 0. The lowest BCUT2D eigenvalue weighted by atomic mass is 10.2. The van der Waals surface area contributed by atoms with Gasteiger partial charge in [0.1, 0.15) is 5.82 Å². The van der Waals surface area contributed by atoms with Gasteiger partial charge in [0.2, 0.25) is 0 Å². The van der Waals surface area contributed by atoms with Crippen molar-refractivity contribution in [3.63, 3.8) is 0 Å². The number of hydrogen-bond acceptors (Lipinski definition) is 0. The van der Waals surface area contributed by atoms with Crippen molar-refractivity contribution >= 4 is 34.8 Å². The Hall–Kier alpha value is -0.760. The summed E-state index contributed by atoms with van der Waals surface area (Å²) < 4.78 is 11.9. The Kier molecular flexibility index (Phi) is 5.76. The molecule has 0 spiro atoms. The van der Waals surface area contributed by atoms with E-state index < -0.39 is 0 Å². The highest BCUT2D eigenvalue weighted by atomic mass is 35.5. The summed E-state index contributed by atoms with van der Waals surface area (Å²) >= 11 is 17.2. The van der Waals surface area contributed by atoms with Crippen LogP contribution in [-0.2, 0) is 0 Å². The Bertz CT molecular complexity index is 457. The minimum atomic E-state index is -0.178. The van der Waals surface area contributed by atoms with E-state index >= 15 is 0 Å². The van der Waals surface area contributed by atoms with Crippen LogP contribution in [0.4, 0.5) is 4.39 Å². The Morgan fingerprint density at radius 3 is 1.82 bits per heavy atom. The zero-order chi connectivity index (χ0) is 12.8. The SMILES string of the molecule is Cc1ccc(Cl)c(Cl)c1Cl.Fc1ccccc1. The molecular formula is C13H10Cl3F. The molecule has 0 aromatic heterocycles. The lowest BCUT2D eigenvalue weighted by Crippen LogP contribution is -1.76. The summed E-state index contributed by atoms with van der Waals surface area (Å²) in [6, 6.07) is 11.5. The van der Waals surface area contributed by atoms with E-state index in [1.165, 1.54) is 12.1 Å². The van der Waals surface area contributed by atoms with E-state index in [0.717, 1.165) is 5.56 Å². The molecule has 0 heterocycles. The van der Waals surface area contributed by atoms with Crippen LogP contribution in [0, 0.1) is 12.7 Å². The van der Waals surface area contributed by atoms with Crippen LogP contribution in [0.2, 0.25) is 15.1 Å². The van der Waals surface area contributed by atoms with Crippen molar-refractivity contribution in [3.05, 3.63) is 68.9 Å². The third-order valence-electron chi connectivity index (χ3n) is 1.96. The molecule has 0 amide bonds. The van der Waals surface area contributed by atoms with Gasteiger partial charge in [-0.2, -0.15) is 0 Å². The molecule has 0 aliphatic heterocycles. The molecule has 17 heavy (non-hydrogen) atoms. The average Bonchev–Trinajstić information content (AvgIpc) is 2.33. The van der Waals surface area contributed by atoms with E-state index in [2.05, 4.69) is 0 Å². The van der Waals surface area contributed by atoms with Crippen LogP contribution < -0.4 is 0 Å². The molecule has 0 saturated carbocycles. The van der Waals surface area contributed by atoms with Crippen LogP contribution in [0.1, 0.15) is 5.56 Å². The van der Waals surface area contributed by atoms with Crippen molar-refractivity contribution in [3.8, 4) is 0 Å². The smallest absolute Gasteiger partial charge is 0.123 e. The highest BCUT2D eigenvalue weighted by Crippen LogP contribution is 2.31. The minimum Gasteiger partial charge on any atom is -0.207 e. The van der Waals surface area contributed by atoms with Crippen molar-refractivity contribution in [2.45, 2.75) is 6.92 Å². The standard InChI is InChI=1S/C7H5Cl3.C6H5F/c1-4-2-3-5(8)7(10)6(4)9;7-6-4-2-1-3-5-6/h2-3H,1H3;1-5H. The maximum Gasteiger partial charge on any atom is 0.123 e. The number of benzene rings is 2. The van der Waals surface area contributed by atoms with Gasteiger partial charge in [-0.1, -0.05) is 59.1 Å². The first-order valence-electron chi connectivity index (χ1n) is 4.83. The molecule has 2 aromatic rings. The van der Waals surface area contributed by atoms with Gasteiger partial charge in [-0.05, 0) is 30.7 Å². The molecule has 0 atom stereocenters. The molecule has 2 rings (SSSR count). The summed E-state index contributed by atoms with van der Waals surface area (Å²) in [7, 11) is 0. The van der Waals surface area contributed by atoms with E-state index in [1.54, 1.807) is 24.3 Å². The second-order valence-corrected chi connectivity index (χ2v) is 4.45. The Labute approximate surface area is 115 Å². The predicted octanol–water partition coefficient (Wildman–Crippen LogP) is 5.78. The van der Waals surface area contributed by atoms with Gasteiger partial charge in [-0.25, -0.2) is 4.39 Å². The van der Waals surface area contributed by atoms with Crippen molar-refractivity contribution in [1.29, 1.82) is 0 Å². The van der Waals surface area contributed by atoms with E-state index in [4.69, 9.17) is 34.8 Å². The molecule has 0 unspecified atom stereocenters. The van der Waals surface area contributed by atoms with Crippen LogP contribution in [0.25, 0.3) is 0 Å². The van der Waals surface area contributed by atoms with Crippen molar-refractivity contribution < 1.29 is 4.39 Å². The molecule has 2 aromatic carbocycles. The quantitative estimate of drug-likeness (QED) is 0.540. The fourth-order valence-corrected chi connectivity index (χ4v) is 1.62. The third-order valence-corrected chi connectivity index (χ3v) is 3.35. The lowest BCUT2D eigenvalue weighted by Gasteiger charge is -2.00. The summed E-state index contributed by atoms with van der Waals surface area (Å²) in [6.07, 6.45) is 0. The zero-order valence-electron chi connectivity index (χ0n) is 9.05. The van der Waals surface area contributed by atoms with Crippen LogP contribution >= 0.6 is 34.8 Å². The van der Waals surface area contributed by atoms with Crippen LogP contribution in [0.15, 0.2) is 42.5 Å². The molecule has 0 N–H and O–H groups in total. The fraction of sp³-hybridized carbons (Fsp3) is 0.0769. The number of rotatable bonds is 0. The molecule has 0 bridgehead atoms. The van der Waals surface area contributed by atoms with Crippen LogP contribution in [0.5, 0.6) is 0 Å². The number of halogens is 4. The largest absolute Gasteiger partial charge is 0.207 e. The normalized spacial score (nSPS) is 9.47. The van der Waals surface area contributed by atoms with E-state index in [0.29, 0.717) is 15.1 Å². The van der Waals surface area contributed by atoms with Crippen LogP contribution in [0.3, 0.4) is 0 Å². The van der Waals surface area contributed by atoms with Gasteiger partial charge >= 0.3 is 0 Å². The summed E-state index contributed by atoms with van der Waals surface area (Å²) in [5.41, 5.74) is 0.941. The summed E-state index contributed by atoms with van der Waals surface area (Å²) in [5, 5.41) is 1.47. The summed E-state index contributed by atoms with van der Waals surface area (Å²) in [5.74, 6) is -0.178. The van der Waals surface area contributed by atoms with Crippen molar-refractivity contribution in [2.75, 3.05) is 0 Å². The first-order chi connectivity index (χ1) is 8.02. The van der Waals surface area contributed by atoms with E-state index in [1.807, 2.05) is 13.0 Å². The van der Waals surface area contributed by atoms with Gasteiger partial charge in [-0.15, -0.1) is 0 Å². The zero-order valence-corrected chi connectivity index (χ0v) is 11.3. The van der Waals surface area contributed by atoms with Crippen LogP contribution in [-0.4, -0.2) is 0 Å². The highest BCUT2D eigenvalue weighted by molar-refractivity contribution is 6.48. The maximum atomic E-state index is 11.9. The Morgan fingerprint density at radius 2 is 1.41 bits per heavy atom. The molecule has 0 aliphatic carbocycles. The van der Waals surface area contributed by atoms with Gasteiger partial charge in [0.15, 0.2) is 0 Å². The molecular weight excluding hydrogens is 282 g/mol. The molecule has 0 radical (unpaired) electrons. The fourth-order valence-electron chi connectivity index (χ4n) is 1.04. The Balaban J connectivity index is 0.000000181. The molecule has 4 heteroatoms. The van der Waals surface area contributed by atoms with E-state index in [-0.39, 0.29) is 5.82 Å². The molecule has 0 saturated heterocycles. The third kappa shape index (κ3) is 4.55. The van der Waals surface area contributed by atoms with E-state index in [9.17, 15) is 4.39 Å². The summed E-state index contributed by atoms with van der Waals surface area (Å²) in [6.45, 7) is 1.88. The lowest BCUT2D eigenvalue weighted by molar-refractivity contribution is 0.628. The molecule has 0 nitrogen and oxygen atoms in total. The molecule has 90 valence electrons. The highest BCUT2D eigenvalue weighted by Gasteiger charge is 2.03. The van der Waals surface area contributed by atoms with Gasteiger partial charge in [0.25, 0.3) is 0 Å².